The van der Waals surface area contributed by atoms with Gasteiger partial charge in [0.1, 0.15) is 0 Å². The molecule has 0 aliphatic rings. The van der Waals surface area contributed by atoms with Gasteiger partial charge in [0, 0.05) is 6.42 Å². The zero-order valence-electron chi connectivity index (χ0n) is 3.90. The molecule has 0 bridgehead atoms. The molecule has 0 heterocycles. The summed E-state index contributed by atoms with van der Waals surface area (Å²) in [5.41, 5.74) is 0. The molecular formula is C6H5O. The van der Waals surface area contributed by atoms with Gasteiger partial charge in [-0.05, 0) is 11.8 Å². The van der Waals surface area contributed by atoms with Crippen molar-refractivity contribution in [2.75, 3.05) is 6.61 Å². The quantitative estimate of drug-likeness (QED) is 0.419. The molecule has 1 nitrogen and oxygen atoms in total. The van der Waals surface area contributed by atoms with Crippen LogP contribution in [0, 0.1) is 24.2 Å². The summed E-state index contributed by atoms with van der Waals surface area (Å²) in [5.74, 6) is 6.92. The third kappa shape index (κ3) is 5.08. The second-order valence-electron chi connectivity index (χ2n) is 0.900. The van der Waals surface area contributed by atoms with Crippen molar-refractivity contribution in [3.05, 3.63) is 0 Å². The van der Waals surface area contributed by atoms with Gasteiger partial charge in [0.05, 0.1) is 6.61 Å². The molecule has 1 radical (unpaired) electrons. The first-order valence-electron chi connectivity index (χ1n) is 1.93. The summed E-state index contributed by atoms with van der Waals surface area (Å²) in [6, 6.07) is 0. The second kappa shape index (κ2) is 5.08. The monoisotopic (exact) mass is 93.0 g/mol. The zero-order valence-corrected chi connectivity index (χ0v) is 3.90. The molecule has 0 aliphatic heterocycles. The van der Waals surface area contributed by atoms with Gasteiger partial charge in [-0.3, -0.25) is 0 Å². The van der Waals surface area contributed by atoms with E-state index in [1.165, 1.54) is 0 Å². The van der Waals surface area contributed by atoms with Crippen molar-refractivity contribution in [3.8, 4) is 24.2 Å². The number of hydrogen-bond donors (Lipinski definition) is 0. The van der Waals surface area contributed by atoms with E-state index in [1.54, 1.807) is 0 Å². The van der Waals surface area contributed by atoms with Crippen molar-refractivity contribution in [2.45, 2.75) is 6.42 Å². The molecule has 0 saturated heterocycles. The summed E-state index contributed by atoms with van der Waals surface area (Å²) >= 11 is 0. The molecule has 0 aromatic carbocycles. The zero-order chi connectivity index (χ0) is 5.54. The molecule has 0 aromatic heterocycles. The van der Waals surface area contributed by atoms with Gasteiger partial charge in [-0.15, -0.1) is 6.42 Å². The maximum atomic E-state index is 9.63. The fourth-order valence-corrected chi connectivity index (χ4v) is 0.165. The minimum atomic E-state index is -0.158. The van der Waals surface area contributed by atoms with Crippen molar-refractivity contribution < 1.29 is 5.11 Å². The standard InChI is InChI=1S/C6H5O/c1-2-3-4-5-6-7/h1H,5-6H2. The Bertz CT molecular complexity index is 119. The number of terminal acetylenes is 1. The van der Waals surface area contributed by atoms with Crippen LogP contribution in [0.5, 0.6) is 0 Å². The van der Waals surface area contributed by atoms with E-state index in [9.17, 15) is 5.11 Å². The lowest BCUT2D eigenvalue weighted by molar-refractivity contribution is 0.201. The van der Waals surface area contributed by atoms with E-state index in [2.05, 4.69) is 17.8 Å². The Balaban J connectivity index is 3.13. The molecule has 0 rings (SSSR count). The first-order chi connectivity index (χ1) is 3.41. The molecule has 0 amide bonds. The van der Waals surface area contributed by atoms with Crippen LogP contribution in [-0.4, -0.2) is 6.61 Å². The van der Waals surface area contributed by atoms with Crippen molar-refractivity contribution in [2.24, 2.45) is 0 Å². The SMILES string of the molecule is C#CC#CCC[O]. The predicted molar refractivity (Wildman–Crippen MR) is 26.8 cm³/mol. The highest BCUT2D eigenvalue weighted by Gasteiger charge is 1.68. The Morgan fingerprint density at radius 2 is 2.29 bits per heavy atom. The van der Waals surface area contributed by atoms with Crippen molar-refractivity contribution in [3.63, 3.8) is 0 Å². The van der Waals surface area contributed by atoms with E-state index in [1.807, 2.05) is 0 Å². The van der Waals surface area contributed by atoms with Gasteiger partial charge >= 0.3 is 0 Å². The minimum absolute atomic E-state index is 0.158. The summed E-state index contributed by atoms with van der Waals surface area (Å²) in [5, 5.41) is 9.63. The van der Waals surface area contributed by atoms with E-state index in [4.69, 9.17) is 6.42 Å². The van der Waals surface area contributed by atoms with Gasteiger partial charge in [0.15, 0.2) is 0 Å². The summed E-state index contributed by atoms with van der Waals surface area (Å²) < 4.78 is 0. The third-order valence-electron chi connectivity index (χ3n) is 0.388. The van der Waals surface area contributed by atoms with Gasteiger partial charge in [0.2, 0.25) is 0 Å². The summed E-state index contributed by atoms with van der Waals surface area (Å²) in [4.78, 5) is 0. The maximum absolute atomic E-state index is 9.63. The Kier molecular flexibility index (Phi) is 4.41. The molecule has 1 heteroatoms. The van der Waals surface area contributed by atoms with Crippen LogP contribution in [-0.2, 0) is 5.11 Å². The van der Waals surface area contributed by atoms with Crippen LogP contribution in [0.1, 0.15) is 6.42 Å². The van der Waals surface area contributed by atoms with Crippen molar-refractivity contribution in [1.29, 1.82) is 0 Å². The molecule has 0 spiro atoms. The fraction of sp³-hybridized carbons (Fsp3) is 0.333. The van der Waals surface area contributed by atoms with Gasteiger partial charge in [0.25, 0.3) is 0 Å². The van der Waals surface area contributed by atoms with Crippen LogP contribution < -0.4 is 0 Å². The molecule has 0 saturated carbocycles. The number of rotatable bonds is 1. The molecule has 0 N–H and O–H groups in total. The highest BCUT2D eigenvalue weighted by atomic mass is 16.2. The first kappa shape index (κ1) is 6.08. The largest absolute Gasteiger partial charge is 0.236 e. The van der Waals surface area contributed by atoms with Crippen LogP contribution >= 0.6 is 0 Å². The average Bonchev–Trinajstić information content (AvgIpc) is 1.69. The molecule has 0 aromatic rings. The molecule has 7 heavy (non-hydrogen) atoms. The van der Waals surface area contributed by atoms with Crippen LogP contribution in [0.15, 0.2) is 0 Å². The van der Waals surface area contributed by atoms with Gasteiger partial charge in [-0.25, -0.2) is 5.11 Å². The highest BCUT2D eigenvalue weighted by molar-refractivity contribution is 5.21. The van der Waals surface area contributed by atoms with Gasteiger partial charge < -0.3 is 0 Å². The highest BCUT2D eigenvalue weighted by Crippen LogP contribution is 1.67. The predicted octanol–water partition coefficient (Wildman–Crippen LogP) is 0.444. The molecule has 0 atom stereocenters. The van der Waals surface area contributed by atoms with Crippen LogP contribution in [0.3, 0.4) is 0 Å². The van der Waals surface area contributed by atoms with E-state index < -0.39 is 0 Å². The van der Waals surface area contributed by atoms with Crippen LogP contribution in [0.4, 0.5) is 0 Å². The molecular weight excluding hydrogens is 88.1 g/mol. The van der Waals surface area contributed by atoms with Crippen LogP contribution in [0.25, 0.3) is 0 Å². The fourth-order valence-electron chi connectivity index (χ4n) is 0.165. The summed E-state index contributed by atoms with van der Waals surface area (Å²) in [6.45, 7) is -0.158. The normalized spacial score (nSPS) is 5.71. The first-order valence-corrected chi connectivity index (χ1v) is 1.93. The molecule has 35 valence electrons. The molecule has 0 fully saturated rings. The summed E-state index contributed by atoms with van der Waals surface area (Å²) in [7, 11) is 0. The van der Waals surface area contributed by atoms with E-state index in [-0.39, 0.29) is 6.61 Å². The smallest absolute Gasteiger partial charge is 0.0931 e. The topological polar surface area (TPSA) is 19.9 Å². The van der Waals surface area contributed by atoms with Gasteiger partial charge in [-0.1, -0.05) is 5.92 Å². The Morgan fingerprint density at radius 3 is 2.71 bits per heavy atom. The number of hydrogen-bond acceptors (Lipinski definition) is 0. The van der Waals surface area contributed by atoms with Gasteiger partial charge in [-0.2, -0.15) is 0 Å². The molecule has 0 aliphatic carbocycles. The Labute approximate surface area is 43.4 Å². The Hall–Kier alpha value is -0.920. The molecule has 0 unspecified atom stereocenters. The van der Waals surface area contributed by atoms with E-state index >= 15 is 0 Å². The lowest BCUT2D eigenvalue weighted by atomic mass is 10.4. The third-order valence-corrected chi connectivity index (χ3v) is 0.388. The lowest BCUT2D eigenvalue weighted by Gasteiger charge is -1.68. The van der Waals surface area contributed by atoms with E-state index in [0.717, 1.165) is 0 Å². The maximum Gasteiger partial charge on any atom is 0.0931 e. The average molecular weight is 93.1 g/mol. The minimum Gasteiger partial charge on any atom is -0.236 e. The van der Waals surface area contributed by atoms with Crippen molar-refractivity contribution in [1.82, 2.24) is 0 Å². The van der Waals surface area contributed by atoms with Crippen LogP contribution in [0.2, 0.25) is 0 Å². The van der Waals surface area contributed by atoms with Crippen molar-refractivity contribution >= 4 is 0 Å². The lowest BCUT2D eigenvalue weighted by Crippen LogP contribution is -1.71. The summed E-state index contributed by atoms with van der Waals surface area (Å²) in [6.07, 6.45) is 5.11. The second-order valence-corrected chi connectivity index (χ2v) is 0.900. The van der Waals surface area contributed by atoms with E-state index in [0.29, 0.717) is 6.42 Å². The Morgan fingerprint density at radius 1 is 1.57 bits per heavy atom.